The first-order chi connectivity index (χ1) is 13.3. The maximum Gasteiger partial charge on any atom is 0.407 e. The minimum absolute atomic E-state index is 0.299. The van der Waals surface area contributed by atoms with Gasteiger partial charge in [-0.2, -0.15) is 0 Å². The molecule has 0 radical (unpaired) electrons. The number of carbonyl (C=O) groups is 1. The van der Waals surface area contributed by atoms with Crippen LogP contribution >= 0.6 is 0 Å². The molecule has 0 bridgehead atoms. The van der Waals surface area contributed by atoms with Gasteiger partial charge in [-0.3, -0.25) is 0 Å². The summed E-state index contributed by atoms with van der Waals surface area (Å²) >= 11 is 0. The highest BCUT2D eigenvalue weighted by atomic mass is 32.2. The van der Waals surface area contributed by atoms with E-state index < -0.39 is 15.9 Å². The van der Waals surface area contributed by atoms with Gasteiger partial charge in [0.05, 0.1) is 4.90 Å². The van der Waals surface area contributed by atoms with Crippen molar-refractivity contribution in [2.75, 3.05) is 19.3 Å². The number of hydrogen-bond acceptors (Lipinski definition) is 3. The van der Waals surface area contributed by atoms with Gasteiger partial charge in [-0.05, 0) is 54.3 Å². The van der Waals surface area contributed by atoms with Crippen LogP contribution in [0.5, 0.6) is 0 Å². The Balaban J connectivity index is 1.59. The van der Waals surface area contributed by atoms with Crippen LogP contribution in [0.15, 0.2) is 59.6 Å². The third-order valence-electron chi connectivity index (χ3n) is 5.46. The number of nitrogens with zero attached hydrogens (tertiary/aromatic N) is 2. The van der Waals surface area contributed by atoms with E-state index in [1.54, 1.807) is 12.1 Å². The molecular formula is C21H22N2O4S. The van der Waals surface area contributed by atoms with E-state index in [4.69, 9.17) is 5.11 Å². The number of fused-ring (bicyclic) bond motifs is 1. The van der Waals surface area contributed by atoms with Crippen molar-refractivity contribution >= 4 is 26.8 Å². The summed E-state index contributed by atoms with van der Waals surface area (Å²) in [6.07, 6.45) is 4.05. The molecule has 1 N–H and O–H groups in total. The summed E-state index contributed by atoms with van der Waals surface area (Å²) in [7, 11) is -3.20. The minimum Gasteiger partial charge on any atom is -0.465 e. The largest absolute Gasteiger partial charge is 0.465 e. The minimum atomic E-state index is -3.20. The normalized spacial score (nSPS) is 15.8. The van der Waals surface area contributed by atoms with Gasteiger partial charge in [0.2, 0.25) is 0 Å². The van der Waals surface area contributed by atoms with E-state index in [2.05, 4.69) is 29.0 Å². The quantitative estimate of drug-likeness (QED) is 0.722. The van der Waals surface area contributed by atoms with Crippen LogP contribution in [0.3, 0.4) is 0 Å². The number of piperidine rings is 1. The molecule has 0 unspecified atom stereocenters. The SMILES string of the molecule is CS(=O)(=O)c1ccc(-c2ccc3c(ccn3C3CCN(C(=O)O)CC3)c2)cc1. The van der Waals surface area contributed by atoms with Crippen LogP contribution in [0, 0.1) is 0 Å². The van der Waals surface area contributed by atoms with Crippen molar-refractivity contribution < 1.29 is 18.3 Å². The number of rotatable bonds is 3. The third-order valence-corrected chi connectivity index (χ3v) is 6.59. The van der Waals surface area contributed by atoms with Gasteiger partial charge in [0.25, 0.3) is 0 Å². The molecule has 0 aliphatic carbocycles. The van der Waals surface area contributed by atoms with Gasteiger partial charge in [-0.1, -0.05) is 18.2 Å². The van der Waals surface area contributed by atoms with Crippen LogP contribution < -0.4 is 0 Å². The van der Waals surface area contributed by atoms with Crippen molar-refractivity contribution in [1.82, 2.24) is 9.47 Å². The van der Waals surface area contributed by atoms with Crippen LogP contribution in [0.1, 0.15) is 18.9 Å². The topological polar surface area (TPSA) is 79.6 Å². The molecule has 1 fully saturated rings. The monoisotopic (exact) mass is 398 g/mol. The van der Waals surface area contributed by atoms with Crippen molar-refractivity contribution in [2.24, 2.45) is 0 Å². The molecule has 2 aromatic carbocycles. The number of sulfone groups is 1. The molecule has 1 aliphatic heterocycles. The molecule has 1 amide bonds. The average Bonchev–Trinajstić information content (AvgIpc) is 3.10. The summed E-state index contributed by atoms with van der Waals surface area (Å²) < 4.78 is 25.5. The second-order valence-electron chi connectivity index (χ2n) is 7.29. The molecule has 6 nitrogen and oxygen atoms in total. The fourth-order valence-corrected chi connectivity index (χ4v) is 4.52. The average molecular weight is 398 g/mol. The van der Waals surface area contributed by atoms with Gasteiger partial charge in [-0.15, -0.1) is 0 Å². The lowest BCUT2D eigenvalue weighted by molar-refractivity contribution is 0.126. The summed E-state index contributed by atoms with van der Waals surface area (Å²) in [5.41, 5.74) is 3.13. The predicted molar refractivity (Wildman–Crippen MR) is 108 cm³/mol. The molecular weight excluding hydrogens is 376 g/mol. The Morgan fingerprint density at radius 1 is 1.00 bits per heavy atom. The first kappa shape index (κ1) is 18.6. The highest BCUT2D eigenvalue weighted by Gasteiger charge is 2.24. The van der Waals surface area contributed by atoms with E-state index >= 15 is 0 Å². The zero-order chi connectivity index (χ0) is 19.9. The Hall–Kier alpha value is -2.80. The molecule has 1 aliphatic rings. The van der Waals surface area contributed by atoms with Crippen LogP contribution in [0.4, 0.5) is 4.79 Å². The number of benzene rings is 2. The van der Waals surface area contributed by atoms with Gasteiger partial charge in [0, 0.05) is 42.5 Å². The Morgan fingerprint density at radius 3 is 2.25 bits per heavy atom. The smallest absolute Gasteiger partial charge is 0.407 e. The highest BCUT2D eigenvalue weighted by molar-refractivity contribution is 7.90. The van der Waals surface area contributed by atoms with E-state index in [0.29, 0.717) is 24.0 Å². The molecule has 0 saturated carbocycles. The second kappa shape index (κ2) is 6.98. The Kier molecular flexibility index (Phi) is 4.63. The molecule has 28 heavy (non-hydrogen) atoms. The Morgan fingerprint density at radius 2 is 1.64 bits per heavy atom. The molecule has 1 aromatic heterocycles. The second-order valence-corrected chi connectivity index (χ2v) is 9.31. The van der Waals surface area contributed by atoms with E-state index in [1.165, 1.54) is 11.2 Å². The Labute approximate surface area is 163 Å². The first-order valence-corrected chi connectivity index (χ1v) is 11.1. The molecule has 4 rings (SSSR count). The predicted octanol–water partition coefficient (Wildman–Crippen LogP) is 4.03. The molecule has 0 atom stereocenters. The van der Waals surface area contributed by atoms with Crippen molar-refractivity contribution in [3.63, 3.8) is 0 Å². The summed E-state index contributed by atoms with van der Waals surface area (Å²) in [5.74, 6) is 0. The summed E-state index contributed by atoms with van der Waals surface area (Å²) in [6, 6.07) is 15.5. The number of aromatic nitrogens is 1. The molecule has 1 saturated heterocycles. The van der Waals surface area contributed by atoms with Crippen LogP contribution in [0.2, 0.25) is 0 Å². The maximum atomic E-state index is 11.6. The Bertz CT molecular complexity index is 1120. The van der Waals surface area contributed by atoms with Gasteiger partial charge >= 0.3 is 6.09 Å². The summed E-state index contributed by atoms with van der Waals surface area (Å²) in [4.78, 5) is 12.9. The molecule has 3 aromatic rings. The first-order valence-electron chi connectivity index (χ1n) is 9.22. The lowest BCUT2D eigenvalue weighted by Crippen LogP contribution is -2.37. The van der Waals surface area contributed by atoms with Crippen molar-refractivity contribution in [1.29, 1.82) is 0 Å². The van der Waals surface area contributed by atoms with Crippen molar-refractivity contribution in [3.8, 4) is 11.1 Å². The van der Waals surface area contributed by atoms with E-state index in [-0.39, 0.29) is 0 Å². The van der Waals surface area contributed by atoms with Crippen LogP contribution in [-0.4, -0.2) is 48.4 Å². The van der Waals surface area contributed by atoms with E-state index in [9.17, 15) is 13.2 Å². The lowest BCUT2D eigenvalue weighted by Gasteiger charge is -2.31. The van der Waals surface area contributed by atoms with E-state index in [1.807, 2.05) is 18.2 Å². The van der Waals surface area contributed by atoms with Gasteiger partial charge < -0.3 is 14.6 Å². The summed E-state index contributed by atoms with van der Waals surface area (Å²) in [5, 5.41) is 10.2. The number of hydrogen-bond donors (Lipinski definition) is 1. The molecule has 0 spiro atoms. The number of amides is 1. The van der Waals surface area contributed by atoms with Gasteiger partial charge in [0.15, 0.2) is 9.84 Å². The summed E-state index contributed by atoms with van der Waals surface area (Å²) in [6.45, 7) is 1.12. The standard InChI is InChI=1S/C21H22N2O4S/c1-28(26,27)19-5-2-15(3-6-19)16-4-7-20-17(14-16)8-13-23(20)18-9-11-22(12-10-18)21(24)25/h2-8,13-14,18H,9-12H2,1H3,(H,24,25). The fraction of sp³-hybridized carbons (Fsp3) is 0.286. The molecule has 7 heteroatoms. The maximum absolute atomic E-state index is 11.6. The van der Waals surface area contributed by atoms with Crippen LogP contribution in [-0.2, 0) is 9.84 Å². The lowest BCUT2D eigenvalue weighted by atomic mass is 10.0. The van der Waals surface area contributed by atoms with Crippen molar-refractivity contribution in [3.05, 3.63) is 54.7 Å². The highest BCUT2D eigenvalue weighted by Crippen LogP contribution is 2.31. The number of likely N-dealkylation sites (tertiary alicyclic amines) is 1. The fourth-order valence-electron chi connectivity index (χ4n) is 3.89. The zero-order valence-corrected chi connectivity index (χ0v) is 16.4. The molecule has 2 heterocycles. The zero-order valence-electron chi connectivity index (χ0n) is 15.6. The van der Waals surface area contributed by atoms with Crippen molar-refractivity contribution in [2.45, 2.75) is 23.8 Å². The van der Waals surface area contributed by atoms with Gasteiger partial charge in [0.1, 0.15) is 0 Å². The third kappa shape index (κ3) is 3.49. The number of carboxylic acid groups (broad SMARTS) is 1. The van der Waals surface area contributed by atoms with Gasteiger partial charge in [-0.25, -0.2) is 13.2 Å². The molecule has 146 valence electrons. The van der Waals surface area contributed by atoms with Crippen LogP contribution in [0.25, 0.3) is 22.0 Å². The van der Waals surface area contributed by atoms with E-state index in [0.717, 1.165) is 34.9 Å².